The molecule has 1 atom stereocenters. The maximum Gasteiger partial charge on any atom is 0.228 e. The van der Waals surface area contributed by atoms with Gasteiger partial charge in [-0.05, 0) is 26.8 Å². The molecule has 1 aliphatic heterocycles. The van der Waals surface area contributed by atoms with Gasteiger partial charge in [0.05, 0.1) is 26.0 Å². The number of rotatable bonds is 8. The van der Waals surface area contributed by atoms with E-state index in [4.69, 9.17) is 24.5 Å². The Balaban J connectivity index is 1.78. The zero-order valence-corrected chi connectivity index (χ0v) is 18.6. The second kappa shape index (κ2) is 9.44. The molecule has 10 heteroatoms. The summed E-state index contributed by atoms with van der Waals surface area (Å²) in [6, 6.07) is 5.96. The first-order chi connectivity index (χ1) is 15.1. The molecule has 0 spiro atoms. The molecular weight excluding hydrogens is 396 g/mol. The Hall–Kier alpha value is -2.98. The third-order valence-electron chi connectivity index (χ3n) is 5.23. The normalized spacial score (nSPS) is 16.6. The molecule has 2 N–H and O–H groups in total. The third-order valence-corrected chi connectivity index (χ3v) is 5.23. The van der Waals surface area contributed by atoms with Gasteiger partial charge in [0.15, 0.2) is 5.82 Å². The number of aromatic nitrogens is 5. The van der Waals surface area contributed by atoms with E-state index in [1.54, 1.807) is 7.11 Å². The zero-order valence-electron chi connectivity index (χ0n) is 18.6. The highest BCUT2D eigenvalue weighted by Gasteiger charge is 2.23. The lowest BCUT2D eigenvalue weighted by molar-refractivity contribution is 0.137. The summed E-state index contributed by atoms with van der Waals surface area (Å²) in [6.45, 7) is 10.6. The van der Waals surface area contributed by atoms with E-state index in [1.807, 2.05) is 36.7 Å². The van der Waals surface area contributed by atoms with Gasteiger partial charge in [0.1, 0.15) is 16.9 Å². The highest BCUT2D eigenvalue weighted by Crippen LogP contribution is 2.29. The van der Waals surface area contributed by atoms with Crippen LogP contribution in [0.2, 0.25) is 0 Å². The highest BCUT2D eigenvalue weighted by atomic mass is 16.5. The SMILES string of the molecule is CCOCCn1nc(C)c2nc(N3CCN[C@H](C)C3)nc(Nc3cccc(OC)n3)c21. The summed E-state index contributed by atoms with van der Waals surface area (Å²) in [7, 11) is 1.60. The average molecular weight is 427 g/mol. The first-order valence-corrected chi connectivity index (χ1v) is 10.7. The minimum Gasteiger partial charge on any atom is -0.481 e. The largest absolute Gasteiger partial charge is 0.481 e. The first kappa shape index (κ1) is 21.3. The van der Waals surface area contributed by atoms with Crippen molar-refractivity contribution in [2.75, 3.05) is 50.2 Å². The molecule has 1 saturated heterocycles. The summed E-state index contributed by atoms with van der Waals surface area (Å²) in [4.78, 5) is 16.5. The Bertz CT molecular complexity index is 1040. The number of piperazine rings is 1. The summed E-state index contributed by atoms with van der Waals surface area (Å²) in [5, 5.41) is 11.6. The van der Waals surface area contributed by atoms with Gasteiger partial charge >= 0.3 is 0 Å². The highest BCUT2D eigenvalue weighted by molar-refractivity contribution is 5.90. The quantitative estimate of drug-likeness (QED) is 0.524. The Morgan fingerprint density at radius 2 is 2.13 bits per heavy atom. The lowest BCUT2D eigenvalue weighted by Crippen LogP contribution is -2.49. The van der Waals surface area contributed by atoms with Crippen molar-refractivity contribution in [3.05, 3.63) is 23.9 Å². The smallest absolute Gasteiger partial charge is 0.228 e. The van der Waals surface area contributed by atoms with Gasteiger partial charge in [-0.25, -0.2) is 4.98 Å². The number of anilines is 3. The molecule has 0 aromatic carbocycles. The van der Waals surface area contributed by atoms with Gasteiger partial charge in [-0.15, -0.1) is 0 Å². The minimum absolute atomic E-state index is 0.375. The molecule has 0 radical (unpaired) electrons. The van der Waals surface area contributed by atoms with Crippen LogP contribution in [0.3, 0.4) is 0 Å². The van der Waals surface area contributed by atoms with Gasteiger partial charge < -0.3 is 25.0 Å². The van der Waals surface area contributed by atoms with E-state index < -0.39 is 0 Å². The molecule has 0 bridgehead atoms. The monoisotopic (exact) mass is 426 g/mol. The van der Waals surface area contributed by atoms with E-state index in [-0.39, 0.29) is 0 Å². The molecular formula is C21H30N8O2. The van der Waals surface area contributed by atoms with E-state index in [9.17, 15) is 0 Å². The maximum absolute atomic E-state index is 5.55. The number of aryl methyl sites for hydroxylation is 1. The van der Waals surface area contributed by atoms with Gasteiger partial charge in [-0.1, -0.05) is 6.07 Å². The van der Waals surface area contributed by atoms with Crippen molar-refractivity contribution in [1.82, 2.24) is 30.0 Å². The fourth-order valence-electron chi connectivity index (χ4n) is 3.74. The van der Waals surface area contributed by atoms with Crippen LogP contribution in [0.5, 0.6) is 5.88 Å². The third kappa shape index (κ3) is 4.70. The maximum atomic E-state index is 5.55. The molecule has 166 valence electrons. The molecule has 0 aliphatic carbocycles. The lowest BCUT2D eigenvalue weighted by atomic mass is 10.2. The van der Waals surface area contributed by atoms with Crippen LogP contribution < -0.4 is 20.3 Å². The van der Waals surface area contributed by atoms with Crippen molar-refractivity contribution >= 4 is 28.6 Å². The van der Waals surface area contributed by atoms with E-state index >= 15 is 0 Å². The van der Waals surface area contributed by atoms with Gasteiger partial charge in [0, 0.05) is 38.3 Å². The second-order valence-corrected chi connectivity index (χ2v) is 7.57. The van der Waals surface area contributed by atoms with Crippen molar-refractivity contribution in [1.29, 1.82) is 0 Å². The fraction of sp³-hybridized carbons (Fsp3) is 0.524. The topological polar surface area (TPSA) is 102 Å². The van der Waals surface area contributed by atoms with Crippen LogP contribution in [0.1, 0.15) is 19.5 Å². The summed E-state index contributed by atoms with van der Waals surface area (Å²) in [5.41, 5.74) is 2.53. The van der Waals surface area contributed by atoms with E-state index in [2.05, 4.69) is 27.4 Å². The number of nitrogens with zero attached hydrogens (tertiary/aromatic N) is 6. The molecule has 0 amide bonds. The van der Waals surface area contributed by atoms with Gasteiger partial charge in [-0.2, -0.15) is 15.1 Å². The lowest BCUT2D eigenvalue weighted by Gasteiger charge is -2.32. The number of hydrogen-bond donors (Lipinski definition) is 2. The van der Waals surface area contributed by atoms with Crippen molar-refractivity contribution in [3.8, 4) is 5.88 Å². The number of ether oxygens (including phenoxy) is 2. The van der Waals surface area contributed by atoms with Crippen LogP contribution in [0.25, 0.3) is 11.0 Å². The number of nitrogens with one attached hydrogen (secondary N) is 2. The van der Waals surface area contributed by atoms with Crippen LogP contribution in [-0.4, -0.2) is 70.7 Å². The molecule has 3 aromatic rings. The van der Waals surface area contributed by atoms with Gasteiger partial charge in [0.25, 0.3) is 0 Å². The Morgan fingerprint density at radius 1 is 1.26 bits per heavy atom. The van der Waals surface area contributed by atoms with E-state index in [1.165, 1.54) is 0 Å². The number of methoxy groups -OCH3 is 1. The first-order valence-electron chi connectivity index (χ1n) is 10.7. The predicted octanol–water partition coefficient (Wildman–Crippen LogP) is 2.12. The molecule has 4 heterocycles. The van der Waals surface area contributed by atoms with Crippen molar-refractivity contribution < 1.29 is 9.47 Å². The van der Waals surface area contributed by atoms with Crippen molar-refractivity contribution in [2.24, 2.45) is 0 Å². The molecule has 0 saturated carbocycles. The summed E-state index contributed by atoms with van der Waals surface area (Å²) < 4.78 is 12.7. The zero-order chi connectivity index (χ0) is 21.8. The van der Waals surface area contributed by atoms with Crippen LogP contribution in [-0.2, 0) is 11.3 Å². The predicted molar refractivity (Wildman–Crippen MR) is 120 cm³/mol. The molecule has 4 rings (SSSR count). The van der Waals surface area contributed by atoms with Crippen LogP contribution in [0, 0.1) is 6.92 Å². The Morgan fingerprint density at radius 3 is 2.90 bits per heavy atom. The molecule has 1 aliphatic rings. The van der Waals surface area contributed by atoms with Gasteiger partial charge in [0.2, 0.25) is 11.8 Å². The van der Waals surface area contributed by atoms with Gasteiger partial charge in [-0.3, -0.25) is 4.68 Å². The number of pyridine rings is 1. The Labute approximate surface area is 182 Å². The summed E-state index contributed by atoms with van der Waals surface area (Å²) in [6.07, 6.45) is 0. The fourth-order valence-corrected chi connectivity index (χ4v) is 3.74. The molecule has 10 nitrogen and oxygen atoms in total. The molecule has 3 aromatic heterocycles. The standard InChI is InChI=1S/C21H30N8O2/c1-5-31-12-11-29-19-18(15(3)27-29)25-21(28-10-9-22-14(2)13-28)26-20(19)24-16-7-6-8-17(23-16)30-4/h6-8,14,22H,5,9-13H2,1-4H3,(H,23,24,25,26)/t14-/m1/s1. The minimum atomic E-state index is 0.375. The Kier molecular flexibility index (Phi) is 6.47. The van der Waals surface area contributed by atoms with Crippen molar-refractivity contribution in [3.63, 3.8) is 0 Å². The van der Waals surface area contributed by atoms with Crippen LogP contribution >= 0.6 is 0 Å². The average Bonchev–Trinajstić information content (AvgIpc) is 3.10. The van der Waals surface area contributed by atoms with Crippen molar-refractivity contribution in [2.45, 2.75) is 33.4 Å². The van der Waals surface area contributed by atoms with E-state index in [0.717, 1.165) is 36.4 Å². The number of hydrogen-bond acceptors (Lipinski definition) is 9. The van der Waals surface area contributed by atoms with Crippen LogP contribution in [0.15, 0.2) is 18.2 Å². The molecule has 0 unspecified atom stereocenters. The summed E-state index contributed by atoms with van der Waals surface area (Å²) >= 11 is 0. The van der Waals surface area contributed by atoms with E-state index in [0.29, 0.717) is 49.3 Å². The second-order valence-electron chi connectivity index (χ2n) is 7.57. The number of fused-ring (bicyclic) bond motifs is 1. The van der Waals surface area contributed by atoms with Crippen LogP contribution in [0.4, 0.5) is 17.6 Å². The molecule has 31 heavy (non-hydrogen) atoms. The molecule has 1 fully saturated rings. The summed E-state index contributed by atoms with van der Waals surface area (Å²) in [5.74, 6) is 2.55.